The first kappa shape index (κ1) is 21.3. The molecule has 8 heteroatoms. The third-order valence-corrected chi connectivity index (χ3v) is 4.42. The zero-order valence-corrected chi connectivity index (χ0v) is 16.3. The summed E-state index contributed by atoms with van der Waals surface area (Å²) < 4.78 is 0. The number of carbonyl (C=O) groups is 1. The van der Waals surface area contributed by atoms with E-state index in [2.05, 4.69) is 25.6 Å². The molecular weight excluding hydrogens is 356 g/mol. The largest absolute Gasteiger partial charge is 0.400 e. The third kappa shape index (κ3) is 5.72. The van der Waals surface area contributed by atoms with Gasteiger partial charge < -0.3 is 15.7 Å². The first-order valence-electron chi connectivity index (χ1n) is 9.41. The molecule has 150 valence electrons. The zero-order chi connectivity index (χ0) is 20.4. The average molecular weight is 384 g/mol. The van der Waals surface area contributed by atoms with Crippen LogP contribution in [0.1, 0.15) is 51.3 Å². The number of nitrogens with one attached hydrogen (secondary N) is 2. The molecule has 0 spiro atoms. The Morgan fingerprint density at radius 2 is 1.71 bits per heavy atom. The summed E-state index contributed by atoms with van der Waals surface area (Å²) in [5.41, 5.74) is 2.51. The van der Waals surface area contributed by atoms with Crippen LogP contribution in [0.5, 0.6) is 0 Å². The molecule has 1 amide bonds. The highest BCUT2D eigenvalue weighted by Gasteiger charge is 2.18. The second-order valence-corrected chi connectivity index (χ2v) is 6.42. The van der Waals surface area contributed by atoms with Crippen LogP contribution in [0.2, 0.25) is 0 Å². The molecule has 3 heterocycles. The smallest absolute Gasteiger partial charge is 0.244 e. The van der Waals surface area contributed by atoms with E-state index in [1.165, 1.54) is 38.5 Å². The quantitative estimate of drug-likeness (QED) is 0.689. The van der Waals surface area contributed by atoms with E-state index in [9.17, 15) is 4.79 Å². The summed E-state index contributed by atoms with van der Waals surface area (Å²) in [7, 11) is 1.00. The fourth-order valence-electron chi connectivity index (χ4n) is 3.03. The van der Waals surface area contributed by atoms with Gasteiger partial charge in [-0.3, -0.25) is 4.79 Å². The molecular formula is C20H28N6O2. The van der Waals surface area contributed by atoms with Gasteiger partial charge in [0.05, 0.1) is 18.4 Å². The predicted octanol–water partition coefficient (Wildman–Crippen LogP) is 3.28. The molecule has 0 unspecified atom stereocenters. The van der Waals surface area contributed by atoms with Gasteiger partial charge >= 0.3 is 0 Å². The number of amides is 1. The SMILES string of the molecule is C1CCCCC1.CO.Cc1nc(C#N)ccc1-c1cnc2c(n1)NCC(=O)N2.[HH]. The molecule has 1 saturated carbocycles. The maximum atomic E-state index is 11.2. The minimum absolute atomic E-state index is 0. The first-order valence-corrected chi connectivity index (χ1v) is 9.41. The van der Waals surface area contributed by atoms with E-state index in [0.717, 1.165) is 12.7 Å². The Labute approximate surface area is 166 Å². The lowest BCUT2D eigenvalue weighted by atomic mass is 10.0. The van der Waals surface area contributed by atoms with Crippen LogP contribution in [0, 0.1) is 18.3 Å². The third-order valence-electron chi connectivity index (χ3n) is 4.42. The number of aryl methyl sites for hydroxylation is 1. The Kier molecular flexibility index (Phi) is 8.31. The maximum Gasteiger partial charge on any atom is 0.244 e. The van der Waals surface area contributed by atoms with Crippen molar-refractivity contribution in [2.75, 3.05) is 24.3 Å². The lowest BCUT2D eigenvalue weighted by Crippen LogP contribution is -2.28. The second kappa shape index (κ2) is 10.9. The molecule has 2 aromatic heterocycles. The second-order valence-electron chi connectivity index (χ2n) is 6.42. The maximum absolute atomic E-state index is 11.2. The van der Waals surface area contributed by atoms with Gasteiger partial charge in [0.25, 0.3) is 0 Å². The minimum atomic E-state index is -0.143. The number of hydrogen-bond donors (Lipinski definition) is 3. The Morgan fingerprint density at radius 3 is 2.29 bits per heavy atom. The van der Waals surface area contributed by atoms with Crippen LogP contribution in [-0.4, -0.2) is 39.6 Å². The summed E-state index contributed by atoms with van der Waals surface area (Å²) in [4.78, 5) is 24.0. The van der Waals surface area contributed by atoms with Gasteiger partial charge in [0.1, 0.15) is 11.8 Å². The Hall–Kier alpha value is -3.05. The average Bonchev–Trinajstić information content (AvgIpc) is 2.76. The van der Waals surface area contributed by atoms with E-state index in [-0.39, 0.29) is 13.9 Å². The van der Waals surface area contributed by atoms with Crippen molar-refractivity contribution in [1.82, 2.24) is 15.0 Å². The molecule has 1 aliphatic carbocycles. The van der Waals surface area contributed by atoms with E-state index in [0.29, 0.717) is 28.7 Å². The van der Waals surface area contributed by atoms with Crippen molar-refractivity contribution >= 4 is 17.5 Å². The lowest BCUT2D eigenvalue weighted by Gasteiger charge is -2.17. The zero-order valence-electron chi connectivity index (χ0n) is 16.3. The van der Waals surface area contributed by atoms with Crippen LogP contribution in [0.4, 0.5) is 11.6 Å². The molecule has 0 bridgehead atoms. The van der Waals surface area contributed by atoms with Gasteiger partial charge in [-0.05, 0) is 19.1 Å². The molecule has 28 heavy (non-hydrogen) atoms. The highest BCUT2D eigenvalue weighted by molar-refractivity contribution is 5.98. The molecule has 4 rings (SSSR count). The first-order chi connectivity index (χ1) is 13.7. The molecule has 8 nitrogen and oxygen atoms in total. The fraction of sp³-hybridized carbons (Fsp3) is 0.450. The highest BCUT2D eigenvalue weighted by atomic mass is 16.2. The molecule has 0 atom stereocenters. The van der Waals surface area contributed by atoms with Crippen LogP contribution < -0.4 is 10.6 Å². The normalized spacial score (nSPS) is 14.6. The molecule has 0 aromatic carbocycles. The van der Waals surface area contributed by atoms with Crippen molar-refractivity contribution < 1.29 is 11.3 Å². The highest BCUT2D eigenvalue weighted by Crippen LogP contribution is 2.26. The Balaban J connectivity index is 0.000000398. The van der Waals surface area contributed by atoms with E-state index in [4.69, 9.17) is 10.4 Å². The number of anilines is 2. The molecule has 0 saturated heterocycles. The Bertz CT molecular complexity index is 838. The van der Waals surface area contributed by atoms with Gasteiger partial charge in [0, 0.05) is 19.8 Å². The number of aromatic nitrogens is 3. The number of aliphatic hydroxyl groups excluding tert-OH is 1. The number of fused-ring (bicyclic) bond motifs is 1. The van der Waals surface area contributed by atoms with Crippen molar-refractivity contribution in [2.24, 2.45) is 0 Å². The number of pyridine rings is 1. The van der Waals surface area contributed by atoms with Crippen LogP contribution in [-0.2, 0) is 4.79 Å². The number of nitriles is 1. The molecule has 0 radical (unpaired) electrons. The van der Waals surface area contributed by atoms with Gasteiger partial charge in [-0.1, -0.05) is 38.5 Å². The van der Waals surface area contributed by atoms with Gasteiger partial charge in [-0.2, -0.15) is 5.26 Å². The summed E-state index contributed by atoms with van der Waals surface area (Å²) in [5.74, 6) is 0.811. The standard InChI is InChI=1S/C13H10N6O.C6H12.CH4O.H2/c1-7-9(3-2-8(4-14)17-7)10-5-15-13-12(18-10)16-6-11(20)19-13;1-2-4-6-5-3-1;1-2;/h2-3,5H,6H2,1H3,(H,16,18)(H,15,19,20);1-6H2;2H,1H3;1H. The van der Waals surface area contributed by atoms with E-state index in [1.54, 1.807) is 18.3 Å². The number of carbonyl (C=O) groups excluding carboxylic acids is 1. The number of nitrogens with zero attached hydrogens (tertiary/aromatic N) is 4. The predicted molar refractivity (Wildman–Crippen MR) is 110 cm³/mol. The van der Waals surface area contributed by atoms with Crippen LogP contribution >= 0.6 is 0 Å². The van der Waals surface area contributed by atoms with Gasteiger partial charge in [-0.25, -0.2) is 15.0 Å². The number of hydrogen-bond acceptors (Lipinski definition) is 7. The van der Waals surface area contributed by atoms with E-state index < -0.39 is 0 Å². The minimum Gasteiger partial charge on any atom is -0.400 e. The molecule has 2 aliphatic rings. The molecule has 3 N–H and O–H groups in total. The molecule has 1 fully saturated rings. The van der Waals surface area contributed by atoms with E-state index in [1.807, 2.05) is 13.0 Å². The number of rotatable bonds is 1. The van der Waals surface area contributed by atoms with Gasteiger partial charge in [0.2, 0.25) is 5.91 Å². The van der Waals surface area contributed by atoms with Gasteiger partial charge in [-0.15, -0.1) is 0 Å². The van der Waals surface area contributed by atoms with Crippen molar-refractivity contribution in [3.8, 4) is 17.3 Å². The summed E-state index contributed by atoms with van der Waals surface area (Å²) in [6.07, 6.45) is 10.6. The monoisotopic (exact) mass is 384 g/mol. The van der Waals surface area contributed by atoms with Crippen molar-refractivity contribution in [3.63, 3.8) is 0 Å². The molecule has 2 aromatic rings. The van der Waals surface area contributed by atoms with Crippen molar-refractivity contribution in [2.45, 2.75) is 45.4 Å². The number of aliphatic hydroxyl groups is 1. The van der Waals surface area contributed by atoms with Crippen LogP contribution in [0.15, 0.2) is 18.3 Å². The van der Waals surface area contributed by atoms with Crippen molar-refractivity contribution in [3.05, 3.63) is 29.7 Å². The fourth-order valence-corrected chi connectivity index (χ4v) is 3.03. The topological polar surface area (TPSA) is 124 Å². The summed E-state index contributed by atoms with van der Waals surface area (Å²) in [6.45, 7) is 1.99. The summed E-state index contributed by atoms with van der Waals surface area (Å²) in [6, 6.07) is 5.42. The summed E-state index contributed by atoms with van der Waals surface area (Å²) >= 11 is 0. The van der Waals surface area contributed by atoms with Crippen LogP contribution in [0.25, 0.3) is 11.3 Å². The van der Waals surface area contributed by atoms with E-state index >= 15 is 0 Å². The van der Waals surface area contributed by atoms with Gasteiger partial charge in [0.15, 0.2) is 11.6 Å². The summed E-state index contributed by atoms with van der Waals surface area (Å²) in [5, 5.41) is 21.4. The van der Waals surface area contributed by atoms with Crippen LogP contribution in [0.3, 0.4) is 0 Å². The molecule has 1 aliphatic heterocycles. The van der Waals surface area contributed by atoms with Crippen molar-refractivity contribution in [1.29, 1.82) is 5.26 Å². The Morgan fingerprint density at radius 1 is 1.07 bits per heavy atom. The lowest BCUT2D eigenvalue weighted by molar-refractivity contribution is -0.114.